The van der Waals surface area contributed by atoms with Crippen LogP contribution in [-0.4, -0.2) is 11.6 Å². The maximum Gasteiger partial charge on any atom is 0.142 e. The second-order valence-electron chi connectivity index (χ2n) is 4.59. The lowest BCUT2D eigenvalue weighted by Gasteiger charge is -2.08. The van der Waals surface area contributed by atoms with Gasteiger partial charge in [0.25, 0.3) is 0 Å². The van der Waals surface area contributed by atoms with E-state index < -0.39 is 0 Å². The summed E-state index contributed by atoms with van der Waals surface area (Å²) in [6.45, 7) is 2.58. The quantitative estimate of drug-likeness (QED) is 0.708. The lowest BCUT2D eigenvalue weighted by Crippen LogP contribution is -1.98. The van der Waals surface area contributed by atoms with E-state index in [1.54, 1.807) is 22.7 Å². The van der Waals surface area contributed by atoms with Gasteiger partial charge in [0.15, 0.2) is 0 Å². The van der Waals surface area contributed by atoms with E-state index >= 15 is 0 Å². The molecule has 5 heteroatoms. The van der Waals surface area contributed by atoms with Crippen LogP contribution in [0.15, 0.2) is 41.1 Å². The Labute approximate surface area is 132 Å². The van der Waals surface area contributed by atoms with Crippen LogP contribution in [-0.2, 0) is 6.42 Å². The summed E-state index contributed by atoms with van der Waals surface area (Å²) in [6, 6.07) is 10.1. The van der Waals surface area contributed by atoms with Crippen LogP contribution in [0.1, 0.15) is 17.5 Å². The van der Waals surface area contributed by atoms with Crippen LogP contribution in [0.5, 0.6) is 5.75 Å². The summed E-state index contributed by atoms with van der Waals surface area (Å²) in [7, 11) is 0. The van der Waals surface area contributed by atoms with Crippen molar-refractivity contribution in [3.05, 3.63) is 51.7 Å². The summed E-state index contributed by atoms with van der Waals surface area (Å²) in [5.41, 5.74) is 8.90. The standard InChI is InChI=1S/C16H16N2OS2/c1-2-19-14-6-5-11(8-12(14)17)9-16-18-13(10-21-16)15-4-3-7-20-15/h3-8,10H,2,9,17H2,1H3. The van der Waals surface area contributed by atoms with Gasteiger partial charge in [-0.2, -0.15) is 0 Å². The predicted octanol–water partition coefficient (Wildman–Crippen LogP) is 4.44. The Hall–Kier alpha value is -1.85. The fourth-order valence-corrected chi connectivity index (χ4v) is 3.69. The van der Waals surface area contributed by atoms with E-state index in [2.05, 4.69) is 16.8 Å². The number of ether oxygens (including phenoxy) is 1. The monoisotopic (exact) mass is 316 g/mol. The molecule has 0 saturated heterocycles. The highest BCUT2D eigenvalue weighted by Gasteiger charge is 2.08. The molecule has 21 heavy (non-hydrogen) atoms. The number of nitrogen functional groups attached to an aromatic ring is 1. The molecule has 0 aliphatic heterocycles. The fraction of sp³-hybridized carbons (Fsp3) is 0.188. The minimum absolute atomic E-state index is 0.625. The molecule has 2 heterocycles. The molecule has 0 fully saturated rings. The van der Waals surface area contributed by atoms with Crippen molar-refractivity contribution in [2.45, 2.75) is 13.3 Å². The molecule has 2 aromatic heterocycles. The SMILES string of the molecule is CCOc1ccc(Cc2nc(-c3cccs3)cs2)cc1N. The predicted molar refractivity (Wildman–Crippen MR) is 90.3 cm³/mol. The van der Waals surface area contributed by atoms with Crippen molar-refractivity contribution in [2.75, 3.05) is 12.3 Å². The van der Waals surface area contributed by atoms with Crippen LogP contribution < -0.4 is 10.5 Å². The number of anilines is 1. The van der Waals surface area contributed by atoms with Crippen molar-refractivity contribution >= 4 is 28.4 Å². The molecule has 0 unspecified atom stereocenters. The Morgan fingerprint density at radius 1 is 1.24 bits per heavy atom. The summed E-state index contributed by atoms with van der Waals surface area (Å²) >= 11 is 3.40. The molecular formula is C16H16N2OS2. The Kier molecular flexibility index (Phi) is 4.22. The number of nitrogens with zero attached hydrogens (tertiary/aromatic N) is 1. The zero-order valence-electron chi connectivity index (χ0n) is 11.7. The molecule has 3 rings (SSSR count). The molecule has 0 aliphatic carbocycles. The molecule has 0 aliphatic rings. The van der Waals surface area contributed by atoms with Gasteiger partial charge in [0.05, 0.1) is 27.9 Å². The van der Waals surface area contributed by atoms with Gasteiger partial charge in [-0.25, -0.2) is 4.98 Å². The van der Waals surface area contributed by atoms with Crippen molar-refractivity contribution in [1.29, 1.82) is 0 Å². The van der Waals surface area contributed by atoms with Crippen molar-refractivity contribution < 1.29 is 4.74 Å². The number of thiazole rings is 1. The minimum Gasteiger partial charge on any atom is -0.492 e. The molecule has 3 nitrogen and oxygen atoms in total. The van der Waals surface area contributed by atoms with Gasteiger partial charge in [0.2, 0.25) is 0 Å². The van der Waals surface area contributed by atoms with Crippen molar-refractivity contribution in [2.24, 2.45) is 0 Å². The Morgan fingerprint density at radius 2 is 2.14 bits per heavy atom. The van der Waals surface area contributed by atoms with Gasteiger partial charge in [-0.3, -0.25) is 0 Å². The van der Waals surface area contributed by atoms with Crippen LogP contribution in [0.4, 0.5) is 5.69 Å². The van der Waals surface area contributed by atoms with Gasteiger partial charge in [0, 0.05) is 11.8 Å². The Balaban J connectivity index is 1.76. The van der Waals surface area contributed by atoms with Gasteiger partial charge in [0.1, 0.15) is 5.75 Å². The summed E-state index contributed by atoms with van der Waals surface area (Å²) in [5, 5.41) is 5.28. The first kappa shape index (κ1) is 14.1. The fourth-order valence-electron chi connectivity index (χ4n) is 2.10. The molecule has 0 radical (unpaired) electrons. The molecule has 2 N–H and O–H groups in total. The number of hydrogen-bond donors (Lipinski definition) is 1. The highest BCUT2D eigenvalue weighted by atomic mass is 32.1. The number of nitrogens with two attached hydrogens (primary N) is 1. The maximum absolute atomic E-state index is 6.00. The van der Waals surface area contributed by atoms with E-state index in [1.165, 1.54) is 4.88 Å². The largest absolute Gasteiger partial charge is 0.492 e. The number of benzene rings is 1. The lowest BCUT2D eigenvalue weighted by atomic mass is 10.1. The summed E-state index contributed by atoms with van der Waals surface area (Å²) < 4.78 is 5.46. The topological polar surface area (TPSA) is 48.1 Å². The van der Waals surface area contributed by atoms with Crippen LogP contribution in [0.3, 0.4) is 0 Å². The van der Waals surface area contributed by atoms with Gasteiger partial charge in [-0.15, -0.1) is 22.7 Å². The molecule has 3 aromatic rings. The first-order chi connectivity index (χ1) is 10.3. The second-order valence-corrected chi connectivity index (χ2v) is 6.48. The van der Waals surface area contributed by atoms with E-state index in [0.29, 0.717) is 12.3 Å². The number of hydrogen-bond acceptors (Lipinski definition) is 5. The Morgan fingerprint density at radius 3 is 2.86 bits per heavy atom. The maximum atomic E-state index is 6.00. The normalized spacial score (nSPS) is 10.7. The van der Waals surface area contributed by atoms with Crippen molar-refractivity contribution in [3.63, 3.8) is 0 Å². The van der Waals surface area contributed by atoms with Crippen LogP contribution in [0.25, 0.3) is 10.6 Å². The van der Waals surface area contributed by atoms with Crippen molar-refractivity contribution in [1.82, 2.24) is 4.98 Å². The molecule has 108 valence electrons. The van der Waals surface area contributed by atoms with Crippen LogP contribution >= 0.6 is 22.7 Å². The average molecular weight is 316 g/mol. The number of thiophene rings is 1. The van der Waals surface area contributed by atoms with E-state index in [1.807, 2.05) is 31.2 Å². The zero-order chi connectivity index (χ0) is 14.7. The lowest BCUT2D eigenvalue weighted by molar-refractivity contribution is 0.342. The summed E-state index contributed by atoms with van der Waals surface area (Å²) in [4.78, 5) is 5.91. The van der Waals surface area contributed by atoms with E-state index in [0.717, 1.165) is 28.4 Å². The first-order valence-electron chi connectivity index (χ1n) is 6.75. The number of aromatic nitrogens is 1. The van der Waals surface area contributed by atoms with Crippen LogP contribution in [0.2, 0.25) is 0 Å². The van der Waals surface area contributed by atoms with E-state index in [-0.39, 0.29) is 0 Å². The molecule has 0 amide bonds. The van der Waals surface area contributed by atoms with Gasteiger partial charge in [-0.05, 0) is 36.1 Å². The smallest absolute Gasteiger partial charge is 0.142 e. The van der Waals surface area contributed by atoms with Gasteiger partial charge >= 0.3 is 0 Å². The number of rotatable bonds is 5. The minimum atomic E-state index is 0.625. The van der Waals surface area contributed by atoms with E-state index in [4.69, 9.17) is 15.5 Å². The third-order valence-electron chi connectivity index (χ3n) is 3.05. The third kappa shape index (κ3) is 3.25. The van der Waals surface area contributed by atoms with Crippen LogP contribution in [0, 0.1) is 0 Å². The van der Waals surface area contributed by atoms with Gasteiger partial charge < -0.3 is 10.5 Å². The molecule has 0 atom stereocenters. The summed E-state index contributed by atoms with van der Waals surface area (Å²) in [5.74, 6) is 0.750. The molecule has 0 saturated carbocycles. The van der Waals surface area contributed by atoms with Crippen molar-refractivity contribution in [3.8, 4) is 16.3 Å². The Bertz CT molecular complexity index is 720. The highest BCUT2D eigenvalue weighted by Crippen LogP contribution is 2.28. The average Bonchev–Trinajstić information content (AvgIpc) is 3.12. The highest BCUT2D eigenvalue weighted by molar-refractivity contribution is 7.14. The zero-order valence-corrected chi connectivity index (χ0v) is 13.3. The first-order valence-corrected chi connectivity index (χ1v) is 8.51. The molecular weight excluding hydrogens is 300 g/mol. The molecule has 0 bridgehead atoms. The third-order valence-corrected chi connectivity index (χ3v) is 4.80. The molecule has 1 aromatic carbocycles. The second kappa shape index (κ2) is 6.28. The van der Waals surface area contributed by atoms with Gasteiger partial charge in [-0.1, -0.05) is 12.1 Å². The van der Waals surface area contributed by atoms with E-state index in [9.17, 15) is 0 Å². The molecule has 0 spiro atoms. The summed E-state index contributed by atoms with van der Waals surface area (Å²) in [6.07, 6.45) is 0.798.